The van der Waals surface area contributed by atoms with Crippen LogP contribution in [0.4, 0.5) is 5.69 Å². The minimum Gasteiger partial charge on any atom is -0.478 e. The van der Waals surface area contributed by atoms with Crippen molar-refractivity contribution in [3.63, 3.8) is 0 Å². The average Bonchev–Trinajstić information content (AvgIpc) is 3.14. The zero-order chi connectivity index (χ0) is 21.5. The van der Waals surface area contributed by atoms with E-state index in [2.05, 4.69) is 14.7 Å². The number of benzene rings is 3. The molecule has 0 amide bonds. The maximum absolute atomic E-state index is 12.6. The third-order valence-corrected chi connectivity index (χ3v) is 6.47. The maximum atomic E-state index is 12.6. The van der Waals surface area contributed by atoms with Crippen LogP contribution < -0.4 is 4.72 Å². The molecular formula is C20H13Cl2N3O4S. The first-order valence-corrected chi connectivity index (χ1v) is 10.8. The lowest BCUT2D eigenvalue weighted by Gasteiger charge is -2.09. The fourth-order valence-corrected chi connectivity index (χ4v) is 4.19. The Balaban J connectivity index is 1.61. The van der Waals surface area contributed by atoms with E-state index < -0.39 is 16.0 Å². The molecule has 0 atom stereocenters. The molecule has 4 rings (SSSR count). The number of anilines is 1. The van der Waals surface area contributed by atoms with Gasteiger partial charge in [-0.1, -0.05) is 23.2 Å². The number of nitrogens with zero attached hydrogens (tertiary/aromatic N) is 1. The molecule has 0 aliphatic heterocycles. The van der Waals surface area contributed by atoms with Crippen molar-refractivity contribution in [2.24, 2.45) is 0 Å². The third-order valence-electron chi connectivity index (χ3n) is 4.34. The van der Waals surface area contributed by atoms with Crippen molar-refractivity contribution >= 4 is 55.9 Å². The standard InChI is InChI=1S/C20H13Cl2N3O4S/c21-15-7-4-13(10-16(15)22)25-30(28,29)14-5-1-11(2-6-14)19-23-17-8-3-12(20(26)27)9-18(17)24-19/h1-10,25H,(H,23,24)(H,26,27). The number of nitrogens with one attached hydrogen (secondary N) is 2. The largest absolute Gasteiger partial charge is 0.478 e. The summed E-state index contributed by atoms with van der Waals surface area (Å²) >= 11 is 11.8. The lowest BCUT2D eigenvalue weighted by molar-refractivity contribution is 0.0697. The number of hydrogen-bond acceptors (Lipinski definition) is 4. The van der Waals surface area contributed by atoms with Gasteiger partial charge >= 0.3 is 5.97 Å². The molecule has 7 nitrogen and oxygen atoms in total. The van der Waals surface area contributed by atoms with Crippen molar-refractivity contribution in [3.05, 3.63) is 76.3 Å². The smallest absolute Gasteiger partial charge is 0.335 e. The Labute approximate surface area is 181 Å². The minimum atomic E-state index is -3.83. The van der Waals surface area contributed by atoms with E-state index in [1.165, 1.54) is 42.5 Å². The number of carbonyl (C=O) groups is 1. The number of imidazole rings is 1. The fourth-order valence-electron chi connectivity index (χ4n) is 2.85. The molecule has 0 fully saturated rings. The van der Waals surface area contributed by atoms with E-state index in [1.54, 1.807) is 18.2 Å². The van der Waals surface area contributed by atoms with Gasteiger partial charge in [0.2, 0.25) is 0 Å². The zero-order valence-corrected chi connectivity index (χ0v) is 17.4. The Kier molecular flexibility index (Phi) is 5.15. The summed E-state index contributed by atoms with van der Waals surface area (Å²) in [7, 11) is -3.83. The normalized spacial score (nSPS) is 11.5. The lowest BCUT2D eigenvalue weighted by Crippen LogP contribution is -2.12. The molecule has 0 spiro atoms. The van der Waals surface area contributed by atoms with Gasteiger partial charge < -0.3 is 10.1 Å². The third kappa shape index (κ3) is 3.97. The molecule has 0 radical (unpaired) electrons. The van der Waals surface area contributed by atoms with Crippen molar-refractivity contribution in [1.82, 2.24) is 9.97 Å². The summed E-state index contributed by atoms with van der Waals surface area (Å²) in [5, 5.41) is 9.66. The first kappa shape index (κ1) is 20.2. The van der Waals surface area contributed by atoms with Crippen molar-refractivity contribution in [2.45, 2.75) is 4.90 Å². The minimum absolute atomic E-state index is 0.0570. The van der Waals surface area contributed by atoms with E-state index in [1.807, 2.05) is 0 Å². The summed E-state index contributed by atoms with van der Waals surface area (Å²) in [6, 6.07) is 15.1. The van der Waals surface area contributed by atoms with E-state index in [0.717, 1.165) is 0 Å². The van der Waals surface area contributed by atoms with Crippen LogP contribution in [0.5, 0.6) is 0 Å². The van der Waals surface area contributed by atoms with Crippen LogP contribution in [-0.2, 0) is 10.0 Å². The van der Waals surface area contributed by atoms with E-state index in [-0.39, 0.29) is 15.5 Å². The summed E-state index contributed by atoms with van der Waals surface area (Å²) in [6.07, 6.45) is 0. The Hall–Kier alpha value is -3.07. The van der Waals surface area contributed by atoms with Crippen LogP contribution in [-0.4, -0.2) is 29.5 Å². The molecule has 3 aromatic carbocycles. The van der Waals surface area contributed by atoms with Crippen LogP contribution in [0, 0.1) is 0 Å². The van der Waals surface area contributed by atoms with Crippen LogP contribution in [0.1, 0.15) is 10.4 Å². The molecule has 0 aliphatic rings. The molecule has 10 heteroatoms. The van der Waals surface area contributed by atoms with Crippen molar-refractivity contribution in [3.8, 4) is 11.4 Å². The van der Waals surface area contributed by atoms with Gasteiger partial charge in [0.25, 0.3) is 10.0 Å². The Morgan fingerprint density at radius 1 is 0.967 bits per heavy atom. The van der Waals surface area contributed by atoms with Gasteiger partial charge in [0.05, 0.1) is 37.2 Å². The average molecular weight is 462 g/mol. The second-order valence-corrected chi connectivity index (χ2v) is 8.88. The molecule has 0 bridgehead atoms. The highest BCUT2D eigenvalue weighted by molar-refractivity contribution is 7.92. The van der Waals surface area contributed by atoms with Crippen LogP contribution in [0.2, 0.25) is 10.0 Å². The summed E-state index contributed by atoms with van der Waals surface area (Å²) in [6.45, 7) is 0. The monoisotopic (exact) mass is 461 g/mol. The highest BCUT2D eigenvalue weighted by atomic mass is 35.5. The first-order valence-electron chi connectivity index (χ1n) is 8.54. The molecule has 0 saturated carbocycles. The van der Waals surface area contributed by atoms with Crippen LogP contribution in [0.3, 0.4) is 0 Å². The van der Waals surface area contributed by atoms with Crippen LogP contribution >= 0.6 is 23.2 Å². The number of H-pyrrole nitrogens is 1. The SMILES string of the molecule is O=C(O)c1ccc2nc(-c3ccc(S(=O)(=O)Nc4ccc(Cl)c(Cl)c4)cc3)[nH]c2c1. The molecule has 4 aromatic rings. The van der Waals surface area contributed by atoms with Gasteiger partial charge in [0.15, 0.2) is 0 Å². The number of hydrogen-bond donors (Lipinski definition) is 3. The Bertz CT molecular complexity index is 1380. The lowest BCUT2D eigenvalue weighted by atomic mass is 10.2. The number of aromatic nitrogens is 2. The summed E-state index contributed by atoms with van der Waals surface area (Å²) in [5.74, 6) is -0.536. The molecule has 30 heavy (non-hydrogen) atoms. The van der Waals surface area contributed by atoms with Crippen LogP contribution in [0.15, 0.2) is 65.6 Å². The first-order chi connectivity index (χ1) is 14.2. The molecule has 1 heterocycles. The van der Waals surface area contributed by atoms with Gasteiger partial charge in [-0.2, -0.15) is 0 Å². The van der Waals surface area contributed by atoms with Gasteiger partial charge in [-0.25, -0.2) is 18.2 Å². The van der Waals surface area contributed by atoms with Crippen molar-refractivity contribution in [2.75, 3.05) is 4.72 Å². The fraction of sp³-hybridized carbons (Fsp3) is 0. The number of halogens is 2. The quantitative estimate of drug-likeness (QED) is 0.385. The Morgan fingerprint density at radius 3 is 2.37 bits per heavy atom. The molecule has 3 N–H and O–H groups in total. The molecular weight excluding hydrogens is 449 g/mol. The number of aromatic carboxylic acids is 1. The van der Waals surface area contributed by atoms with E-state index in [0.29, 0.717) is 33.1 Å². The number of aromatic amines is 1. The Morgan fingerprint density at radius 2 is 1.70 bits per heavy atom. The number of fused-ring (bicyclic) bond motifs is 1. The highest BCUT2D eigenvalue weighted by Gasteiger charge is 2.16. The number of sulfonamides is 1. The topological polar surface area (TPSA) is 112 Å². The van der Waals surface area contributed by atoms with Crippen LogP contribution in [0.25, 0.3) is 22.4 Å². The molecule has 0 unspecified atom stereocenters. The molecule has 0 saturated heterocycles. The summed E-state index contributed by atoms with van der Waals surface area (Å²) in [4.78, 5) is 18.6. The number of rotatable bonds is 5. The zero-order valence-electron chi connectivity index (χ0n) is 15.1. The maximum Gasteiger partial charge on any atom is 0.335 e. The van der Waals surface area contributed by atoms with Crippen molar-refractivity contribution in [1.29, 1.82) is 0 Å². The molecule has 1 aromatic heterocycles. The number of carboxylic acids is 1. The predicted octanol–water partition coefficient (Wildman–Crippen LogP) is 5.04. The summed E-state index contributed by atoms with van der Waals surface area (Å²) in [5.41, 5.74) is 2.26. The molecule has 152 valence electrons. The summed E-state index contributed by atoms with van der Waals surface area (Å²) < 4.78 is 27.7. The van der Waals surface area contributed by atoms with E-state index in [4.69, 9.17) is 28.3 Å². The predicted molar refractivity (Wildman–Crippen MR) is 116 cm³/mol. The number of carboxylic acid groups (broad SMARTS) is 1. The van der Waals surface area contributed by atoms with Gasteiger partial charge in [0.1, 0.15) is 5.82 Å². The van der Waals surface area contributed by atoms with Gasteiger partial charge in [0, 0.05) is 5.56 Å². The highest BCUT2D eigenvalue weighted by Crippen LogP contribution is 2.27. The second kappa shape index (κ2) is 7.64. The van der Waals surface area contributed by atoms with E-state index in [9.17, 15) is 13.2 Å². The van der Waals surface area contributed by atoms with Crippen molar-refractivity contribution < 1.29 is 18.3 Å². The molecule has 0 aliphatic carbocycles. The van der Waals surface area contributed by atoms with Gasteiger partial charge in [-0.3, -0.25) is 4.72 Å². The second-order valence-electron chi connectivity index (χ2n) is 6.38. The van der Waals surface area contributed by atoms with Gasteiger partial charge in [-0.15, -0.1) is 0 Å². The van der Waals surface area contributed by atoms with E-state index >= 15 is 0 Å². The van der Waals surface area contributed by atoms with Gasteiger partial charge in [-0.05, 0) is 60.7 Å².